The molecule has 4 N–H and O–H groups in total. The molecule has 0 radical (unpaired) electrons. The number of hydrogen-bond donors (Lipinski definition) is 4. The minimum Gasteiger partial charge on any atom is -0.394 e. The van der Waals surface area contributed by atoms with E-state index in [0.717, 1.165) is 51.4 Å². The Morgan fingerprint density at radius 2 is 0.717 bits per heavy atom. The SMILES string of the molecule is CCCCCCCCCCCCCC/C=C\CCCCCCCC(O)CC(=O)NC(CO)C(O)/C=C/CC/C=C/CC/C=C/CCCCCCCCCCCCCCCC. The molecule has 0 fully saturated rings. The maximum Gasteiger partial charge on any atom is 0.222 e. The van der Waals surface area contributed by atoms with Crippen molar-refractivity contribution in [2.75, 3.05) is 6.61 Å². The summed E-state index contributed by atoms with van der Waals surface area (Å²) in [5.41, 5.74) is 0. The lowest BCUT2D eigenvalue weighted by atomic mass is 10.0. The normalized spacial score (nSPS) is 13.8. The number of rotatable bonds is 48. The fourth-order valence-corrected chi connectivity index (χ4v) is 8.01. The van der Waals surface area contributed by atoms with Crippen LogP contribution in [0.2, 0.25) is 0 Å². The van der Waals surface area contributed by atoms with Crippen molar-refractivity contribution >= 4 is 5.91 Å². The molecule has 0 rings (SSSR count). The molecule has 5 nitrogen and oxygen atoms in total. The summed E-state index contributed by atoms with van der Waals surface area (Å²) in [4.78, 5) is 12.5. The molecule has 0 aliphatic carbocycles. The Labute approximate surface area is 374 Å². The first-order valence-corrected chi connectivity index (χ1v) is 26.4. The topological polar surface area (TPSA) is 89.8 Å². The number of aliphatic hydroxyl groups excluding tert-OH is 3. The first kappa shape index (κ1) is 58.3. The molecule has 0 aromatic carbocycles. The molecule has 0 spiro atoms. The molecule has 3 atom stereocenters. The third-order valence-electron chi connectivity index (χ3n) is 12.1. The van der Waals surface area contributed by atoms with Crippen molar-refractivity contribution in [3.05, 3.63) is 48.6 Å². The van der Waals surface area contributed by atoms with Gasteiger partial charge in [-0.25, -0.2) is 0 Å². The van der Waals surface area contributed by atoms with Gasteiger partial charge in [0.1, 0.15) is 0 Å². The van der Waals surface area contributed by atoms with Crippen LogP contribution in [0.3, 0.4) is 0 Å². The van der Waals surface area contributed by atoms with Crippen LogP contribution < -0.4 is 5.32 Å². The quantitative estimate of drug-likeness (QED) is 0.0363. The lowest BCUT2D eigenvalue weighted by Crippen LogP contribution is -2.45. The van der Waals surface area contributed by atoms with Crippen molar-refractivity contribution in [2.24, 2.45) is 0 Å². The fourth-order valence-electron chi connectivity index (χ4n) is 8.01. The van der Waals surface area contributed by atoms with E-state index in [9.17, 15) is 20.1 Å². The number of carbonyl (C=O) groups is 1. The molecular formula is C55H103NO4. The van der Waals surface area contributed by atoms with Gasteiger partial charge in [0.15, 0.2) is 0 Å². The molecule has 0 aliphatic rings. The average molecular weight is 842 g/mol. The highest BCUT2D eigenvalue weighted by molar-refractivity contribution is 5.76. The summed E-state index contributed by atoms with van der Waals surface area (Å²) >= 11 is 0. The third kappa shape index (κ3) is 45.8. The number of hydrogen-bond acceptors (Lipinski definition) is 4. The van der Waals surface area contributed by atoms with Gasteiger partial charge in [0, 0.05) is 0 Å². The van der Waals surface area contributed by atoms with Crippen LogP contribution in [0.15, 0.2) is 48.6 Å². The van der Waals surface area contributed by atoms with Crippen LogP contribution in [0.1, 0.15) is 271 Å². The highest BCUT2D eigenvalue weighted by Gasteiger charge is 2.20. The van der Waals surface area contributed by atoms with E-state index < -0.39 is 18.2 Å². The Morgan fingerprint density at radius 3 is 1.07 bits per heavy atom. The van der Waals surface area contributed by atoms with Gasteiger partial charge < -0.3 is 20.6 Å². The van der Waals surface area contributed by atoms with Gasteiger partial charge in [0.2, 0.25) is 5.91 Å². The second kappa shape index (κ2) is 50.0. The molecule has 1 amide bonds. The maximum absolute atomic E-state index is 12.5. The molecule has 0 aliphatic heterocycles. The first-order valence-electron chi connectivity index (χ1n) is 26.4. The predicted molar refractivity (Wildman–Crippen MR) is 264 cm³/mol. The van der Waals surface area contributed by atoms with E-state index in [0.29, 0.717) is 6.42 Å². The summed E-state index contributed by atoms with van der Waals surface area (Å²) in [5, 5.41) is 33.4. The van der Waals surface area contributed by atoms with Crippen LogP contribution in [0.4, 0.5) is 0 Å². The summed E-state index contributed by atoms with van der Waals surface area (Å²) in [6.07, 6.45) is 65.7. The zero-order valence-corrected chi connectivity index (χ0v) is 40.1. The van der Waals surface area contributed by atoms with Gasteiger partial charge in [-0.1, -0.05) is 242 Å². The highest BCUT2D eigenvalue weighted by Crippen LogP contribution is 2.16. The smallest absolute Gasteiger partial charge is 0.222 e. The Kier molecular flexibility index (Phi) is 48.6. The van der Waals surface area contributed by atoms with E-state index >= 15 is 0 Å². The number of amides is 1. The Hall–Kier alpha value is -1.69. The molecule has 0 aromatic rings. The Morgan fingerprint density at radius 1 is 0.417 bits per heavy atom. The van der Waals surface area contributed by atoms with E-state index in [1.165, 1.54) is 193 Å². The molecule has 352 valence electrons. The number of unbranched alkanes of at least 4 members (excludes halogenated alkanes) is 33. The van der Waals surface area contributed by atoms with Crippen LogP contribution in [-0.4, -0.2) is 46.1 Å². The molecule has 0 aromatic heterocycles. The van der Waals surface area contributed by atoms with Gasteiger partial charge in [0.25, 0.3) is 0 Å². The molecule has 3 unspecified atom stereocenters. The fraction of sp³-hybridized carbons (Fsp3) is 0.836. The van der Waals surface area contributed by atoms with Gasteiger partial charge in [-0.15, -0.1) is 0 Å². The van der Waals surface area contributed by atoms with E-state index in [2.05, 4.69) is 55.6 Å². The first-order chi connectivity index (χ1) is 29.5. The van der Waals surface area contributed by atoms with Crippen LogP contribution in [0, 0.1) is 0 Å². The average Bonchev–Trinajstić information content (AvgIpc) is 3.24. The van der Waals surface area contributed by atoms with Crippen LogP contribution >= 0.6 is 0 Å². The molecule has 0 saturated heterocycles. The number of nitrogens with one attached hydrogen (secondary N) is 1. The lowest BCUT2D eigenvalue weighted by molar-refractivity contribution is -0.124. The van der Waals surface area contributed by atoms with Gasteiger partial charge in [-0.2, -0.15) is 0 Å². The minimum atomic E-state index is -0.964. The molecule has 5 heteroatoms. The van der Waals surface area contributed by atoms with E-state index in [-0.39, 0.29) is 18.9 Å². The number of carbonyl (C=O) groups excluding carboxylic acids is 1. The second-order valence-corrected chi connectivity index (χ2v) is 18.1. The highest BCUT2D eigenvalue weighted by atomic mass is 16.3. The predicted octanol–water partition coefficient (Wildman–Crippen LogP) is 16.1. The Bertz CT molecular complexity index is 974. The van der Waals surface area contributed by atoms with Crippen molar-refractivity contribution < 1.29 is 20.1 Å². The second-order valence-electron chi connectivity index (χ2n) is 18.1. The standard InChI is InChI=1S/C55H103NO4/c1-3-5-7-9-11-13-15-17-19-21-23-25-26-27-29-31-33-35-37-39-41-43-45-47-49-54(59)53(51-57)56-55(60)50-52(58)48-46-44-42-40-38-36-34-32-30-28-24-22-20-18-16-14-12-10-8-6-4-2/h31-34,39,41,47,49,52-54,57-59H,3-30,35-38,40,42-46,48,50-51H2,1-2H3,(H,56,60)/b33-31+,34-32-,41-39+,49-47+. The summed E-state index contributed by atoms with van der Waals surface area (Å²) in [5.74, 6) is -0.333. The van der Waals surface area contributed by atoms with Crippen molar-refractivity contribution in [1.29, 1.82) is 0 Å². The van der Waals surface area contributed by atoms with E-state index in [1.54, 1.807) is 6.08 Å². The molecular weight excluding hydrogens is 739 g/mol. The van der Waals surface area contributed by atoms with Crippen LogP contribution in [-0.2, 0) is 4.79 Å². The van der Waals surface area contributed by atoms with E-state index in [4.69, 9.17) is 0 Å². The minimum absolute atomic E-state index is 0.00359. The molecule has 0 bridgehead atoms. The Balaban J connectivity index is 3.68. The number of allylic oxidation sites excluding steroid dienone is 7. The van der Waals surface area contributed by atoms with Crippen LogP contribution in [0.25, 0.3) is 0 Å². The maximum atomic E-state index is 12.5. The summed E-state index contributed by atoms with van der Waals surface area (Å²) in [6, 6.07) is -0.772. The van der Waals surface area contributed by atoms with Crippen molar-refractivity contribution in [3.8, 4) is 0 Å². The van der Waals surface area contributed by atoms with Gasteiger partial charge in [-0.05, 0) is 70.6 Å². The van der Waals surface area contributed by atoms with E-state index in [1.807, 2.05) is 6.08 Å². The van der Waals surface area contributed by atoms with Crippen molar-refractivity contribution in [2.45, 2.75) is 289 Å². The monoisotopic (exact) mass is 842 g/mol. The van der Waals surface area contributed by atoms with Crippen molar-refractivity contribution in [3.63, 3.8) is 0 Å². The van der Waals surface area contributed by atoms with Gasteiger partial charge in [-0.3, -0.25) is 4.79 Å². The molecule has 0 saturated carbocycles. The summed E-state index contributed by atoms with van der Waals surface area (Å²) in [6.45, 7) is 4.22. The zero-order chi connectivity index (χ0) is 43.7. The van der Waals surface area contributed by atoms with Crippen molar-refractivity contribution in [1.82, 2.24) is 5.32 Å². The summed E-state index contributed by atoms with van der Waals surface area (Å²) in [7, 11) is 0. The van der Waals surface area contributed by atoms with Gasteiger partial charge in [0.05, 0.1) is 31.3 Å². The number of aliphatic hydroxyl groups is 3. The molecule has 0 heterocycles. The molecule has 60 heavy (non-hydrogen) atoms. The van der Waals surface area contributed by atoms with Gasteiger partial charge >= 0.3 is 0 Å². The third-order valence-corrected chi connectivity index (χ3v) is 12.1. The summed E-state index contributed by atoms with van der Waals surface area (Å²) < 4.78 is 0. The largest absolute Gasteiger partial charge is 0.394 e. The zero-order valence-electron chi connectivity index (χ0n) is 40.1. The lowest BCUT2D eigenvalue weighted by Gasteiger charge is -2.20. The van der Waals surface area contributed by atoms with Crippen LogP contribution in [0.5, 0.6) is 0 Å².